The molecule has 92 valence electrons. The van der Waals surface area contributed by atoms with Gasteiger partial charge in [-0.2, -0.15) is 0 Å². The van der Waals surface area contributed by atoms with E-state index < -0.39 is 0 Å². The lowest BCUT2D eigenvalue weighted by molar-refractivity contribution is 0.0863. The Morgan fingerprint density at radius 1 is 1.53 bits per heavy atom. The number of methoxy groups -OCH3 is 1. The Morgan fingerprint density at radius 2 is 2.35 bits per heavy atom. The topological polar surface area (TPSA) is 38.3 Å². The third-order valence-electron chi connectivity index (χ3n) is 3.61. The molecule has 0 aliphatic carbocycles. The molecule has 1 aromatic carbocycles. The van der Waals surface area contributed by atoms with E-state index in [0.29, 0.717) is 0 Å². The standard InChI is InChI=1S/C14H19NO2/c1-3-14(8-5-9-15-14)13(16)11-6-4-7-12(10-11)17-2/h4,6-7,10,15H,3,5,8-9H2,1-2H3. The first-order chi connectivity index (χ1) is 8.22. The average Bonchev–Trinajstić information content (AvgIpc) is 2.88. The minimum Gasteiger partial charge on any atom is -0.497 e. The largest absolute Gasteiger partial charge is 0.497 e. The summed E-state index contributed by atoms with van der Waals surface area (Å²) in [5, 5.41) is 3.37. The summed E-state index contributed by atoms with van der Waals surface area (Å²) >= 11 is 0. The summed E-state index contributed by atoms with van der Waals surface area (Å²) in [6, 6.07) is 7.41. The van der Waals surface area contributed by atoms with Gasteiger partial charge in [0.1, 0.15) is 5.75 Å². The first-order valence-electron chi connectivity index (χ1n) is 6.16. The lowest BCUT2D eigenvalue weighted by Crippen LogP contribution is -2.46. The van der Waals surface area contributed by atoms with Gasteiger partial charge >= 0.3 is 0 Å². The Kier molecular flexibility index (Phi) is 3.48. The van der Waals surface area contributed by atoms with Crippen molar-refractivity contribution in [3.05, 3.63) is 29.8 Å². The van der Waals surface area contributed by atoms with Crippen LogP contribution in [0, 0.1) is 0 Å². The normalized spacial score (nSPS) is 23.6. The van der Waals surface area contributed by atoms with Crippen molar-refractivity contribution < 1.29 is 9.53 Å². The Hall–Kier alpha value is -1.35. The minimum absolute atomic E-state index is 0.191. The molecule has 2 rings (SSSR count). The Bertz CT molecular complexity index is 408. The second-order valence-electron chi connectivity index (χ2n) is 4.53. The summed E-state index contributed by atoms with van der Waals surface area (Å²) in [5.41, 5.74) is 0.382. The van der Waals surface area contributed by atoms with E-state index in [1.807, 2.05) is 24.3 Å². The van der Waals surface area contributed by atoms with Crippen LogP contribution in [0.1, 0.15) is 36.5 Å². The van der Waals surface area contributed by atoms with Crippen molar-refractivity contribution in [2.45, 2.75) is 31.7 Å². The fraction of sp³-hybridized carbons (Fsp3) is 0.500. The monoisotopic (exact) mass is 233 g/mol. The van der Waals surface area contributed by atoms with E-state index in [1.54, 1.807) is 7.11 Å². The summed E-state index contributed by atoms with van der Waals surface area (Å²) in [7, 11) is 1.62. The van der Waals surface area contributed by atoms with Crippen molar-refractivity contribution in [1.29, 1.82) is 0 Å². The predicted octanol–water partition coefficient (Wildman–Crippen LogP) is 2.41. The van der Waals surface area contributed by atoms with Gasteiger partial charge in [0.2, 0.25) is 0 Å². The number of hydrogen-bond acceptors (Lipinski definition) is 3. The van der Waals surface area contributed by atoms with Gasteiger partial charge in [0.15, 0.2) is 5.78 Å². The molecule has 17 heavy (non-hydrogen) atoms. The number of carbonyl (C=O) groups is 1. The van der Waals surface area contributed by atoms with Crippen LogP contribution in [-0.4, -0.2) is 25.0 Å². The van der Waals surface area contributed by atoms with Gasteiger partial charge in [0.25, 0.3) is 0 Å². The SMILES string of the molecule is CCC1(C(=O)c2cccc(OC)c2)CCCN1. The summed E-state index contributed by atoms with van der Waals surface area (Å²) in [6.45, 7) is 3.00. The van der Waals surface area contributed by atoms with E-state index in [9.17, 15) is 4.79 Å². The summed E-state index contributed by atoms with van der Waals surface area (Å²) < 4.78 is 5.16. The van der Waals surface area contributed by atoms with Gasteiger partial charge in [-0.25, -0.2) is 0 Å². The van der Waals surface area contributed by atoms with E-state index in [0.717, 1.165) is 37.1 Å². The van der Waals surface area contributed by atoms with Crippen LogP contribution in [-0.2, 0) is 0 Å². The maximum absolute atomic E-state index is 12.6. The Balaban J connectivity index is 2.29. The van der Waals surface area contributed by atoms with Gasteiger partial charge in [-0.3, -0.25) is 4.79 Å². The number of ketones is 1. The lowest BCUT2D eigenvalue weighted by Gasteiger charge is -2.26. The fourth-order valence-electron chi connectivity index (χ4n) is 2.50. The minimum atomic E-state index is -0.355. The zero-order valence-electron chi connectivity index (χ0n) is 10.5. The quantitative estimate of drug-likeness (QED) is 0.812. The highest BCUT2D eigenvalue weighted by molar-refractivity contribution is 6.03. The van der Waals surface area contributed by atoms with Crippen LogP contribution in [0.25, 0.3) is 0 Å². The third kappa shape index (κ3) is 2.20. The number of ether oxygens (including phenoxy) is 1. The number of nitrogens with one attached hydrogen (secondary N) is 1. The fourth-order valence-corrected chi connectivity index (χ4v) is 2.50. The van der Waals surface area contributed by atoms with Crippen molar-refractivity contribution in [2.75, 3.05) is 13.7 Å². The molecular formula is C14H19NO2. The first-order valence-corrected chi connectivity index (χ1v) is 6.16. The molecule has 3 nitrogen and oxygen atoms in total. The van der Waals surface area contributed by atoms with Crippen LogP contribution < -0.4 is 10.1 Å². The summed E-state index contributed by atoms with van der Waals surface area (Å²) in [5.74, 6) is 0.927. The molecule has 1 saturated heterocycles. The first kappa shape index (κ1) is 12.1. The van der Waals surface area contributed by atoms with Crippen LogP contribution in [0.4, 0.5) is 0 Å². The van der Waals surface area contributed by atoms with E-state index in [2.05, 4.69) is 12.2 Å². The van der Waals surface area contributed by atoms with E-state index >= 15 is 0 Å². The number of rotatable bonds is 4. The summed E-state index contributed by atoms with van der Waals surface area (Å²) in [4.78, 5) is 12.6. The molecule has 1 aliphatic heterocycles. The van der Waals surface area contributed by atoms with E-state index in [4.69, 9.17) is 4.74 Å². The van der Waals surface area contributed by atoms with Crippen molar-refractivity contribution in [3.8, 4) is 5.75 Å². The van der Waals surface area contributed by atoms with Gasteiger partial charge in [-0.1, -0.05) is 19.1 Å². The maximum Gasteiger partial charge on any atom is 0.182 e. The van der Waals surface area contributed by atoms with Crippen molar-refractivity contribution in [2.24, 2.45) is 0 Å². The van der Waals surface area contributed by atoms with Crippen LogP contribution in [0.2, 0.25) is 0 Å². The highest BCUT2D eigenvalue weighted by atomic mass is 16.5. The lowest BCUT2D eigenvalue weighted by atomic mass is 9.85. The van der Waals surface area contributed by atoms with Gasteiger partial charge in [-0.15, -0.1) is 0 Å². The van der Waals surface area contributed by atoms with Crippen LogP contribution in [0.5, 0.6) is 5.75 Å². The van der Waals surface area contributed by atoms with Gasteiger partial charge in [0, 0.05) is 5.56 Å². The van der Waals surface area contributed by atoms with Crippen LogP contribution in [0.15, 0.2) is 24.3 Å². The molecule has 1 atom stereocenters. The zero-order chi connectivity index (χ0) is 12.3. The van der Waals surface area contributed by atoms with Gasteiger partial charge < -0.3 is 10.1 Å². The molecule has 1 N–H and O–H groups in total. The van der Waals surface area contributed by atoms with Crippen molar-refractivity contribution in [1.82, 2.24) is 5.32 Å². The van der Waals surface area contributed by atoms with E-state index in [1.165, 1.54) is 0 Å². The Labute approximate surface area is 102 Å². The number of hydrogen-bond donors (Lipinski definition) is 1. The van der Waals surface area contributed by atoms with Gasteiger partial charge in [0.05, 0.1) is 12.6 Å². The summed E-state index contributed by atoms with van der Waals surface area (Å²) in [6.07, 6.45) is 2.84. The molecule has 0 aromatic heterocycles. The molecule has 0 bridgehead atoms. The highest BCUT2D eigenvalue weighted by Crippen LogP contribution is 2.28. The molecule has 0 saturated carbocycles. The molecule has 1 unspecified atom stereocenters. The Morgan fingerprint density at radius 3 is 2.94 bits per heavy atom. The third-order valence-corrected chi connectivity index (χ3v) is 3.61. The molecule has 0 amide bonds. The van der Waals surface area contributed by atoms with Crippen molar-refractivity contribution >= 4 is 5.78 Å². The number of carbonyl (C=O) groups excluding carboxylic acids is 1. The zero-order valence-corrected chi connectivity index (χ0v) is 10.5. The van der Waals surface area contributed by atoms with Crippen LogP contribution >= 0.6 is 0 Å². The van der Waals surface area contributed by atoms with Crippen LogP contribution in [0.3, 0.4) is 0 Å². The second-order valence-corrected chi connectivity index (χ2v) is 4.53. The molecule has 0 spiro atoms. The highest BCUT2D eigenvalue weighted by Gasteiger charge is 2.39. The molecule has 1 aliphatic rings. The second kappa shape index (κ2) is 4.88. The average molecular weight is 233 g/mol. The van der Waals surface area contributed by atoms with Crippen molar-refractivity contribution in [3.63, 3.8) is 0 Å². The predicted molar refractivity (Wildman–Crippen MR) is 67.6 cm³/mol. The molecule has 3 heteroatoms. The van der Waals surface area contributed by atoms with Gasteiger partial charge in [-0.05, 0) is 37.9 Å². The smallest absolute Gasteiger partial charge is 0.182 e. The number of Topliss-reactive ketones (excluding diaryl/α,β-unsaturated/α-hetero) is 1. The molecule has 1 fully saturated rings. The molecule has 1 heterocycles. The number of benzene rings is 1. The molecule has 0 radical (unpaired) electrons. The molecule has 1 aromatic rings. The van der Waals surface area contributed by atoms with E-state index in [-0.39, 0.29) is 11.3 Å². The molecular weight excluding hydrogens is 214 g/mol. The maximum atomic E-state index is 12.6.